The second kappa shape index (κ2) is 9.46. The number of carbonyl (C=O) groups excluding carboxylic acids is 2. The first-order valence-corrected chi connectivity index (χ1v) is 10.3. The van der Waals surface area contributed by atoms with E-state index in [4.69, 9.17) is 27.9 Å². The summed E-state index contributed by atoms with van der Waals surface area (Å²) < 4.78 is 4.94. The summed E-state index contributed by atoms with van der Waals surface area (Å²) in [4.78, 5) is 28.7. The van der Waals surface area contributed by atoms with Gasteiger partial charge in [0.25, 0.3) is 5.91 Å². The Morgan fingerprint density at radius 2 is 2.07 bits per heavy atom. The molecule has 1 aromatic carbocycles. The molecule has 8 heteroatoms. The van der Waals surface area contributed by atoms with Crippen molar-refractivity contribution in [2.45, 2.75) is 32.6 Å². The highest BCUT2D eigenvalue weighted by molar-refractivity contribution is 6.36. The van der Waals surface area contributed by atoms with Crippen molar-refractivity contribution >= 4 is 46.6 Å². The third-order valence-electron chi connectivity index (χ3n) is 4.71. The Hall–Kier alpha value is -2.31. The van der Waals surface area contributed by atoms with Crippen LogP contribution in [0.2, 0.25) is 10.0 Å². The molecule has 2 aromatic rings. The Morgan fingerprint density at radius 1 is 1.28 bits per heavy atom. The topological polar surface area (TPSA) is 80.3 Å². The van der Waals surface area contributed by atoms with Gasteiger partial charge in [0.05, 0.1) is 35.0 Å². The summed E-state index contributed by atoms with van der Waals surface area (Å²) >= 11 is 12.2. The standard InChI is InChI=1S/C21H23Cl2N3O3/c1-12(2)20-15(21(28)24-11-13-7-8-29-19(27)9-13)4-6-18(26-20)25-17-5-3-14(22)10-16(17)23/h3-6,10,12-13H,7-9,11H2,1-2H3,(H,24,28)(H,25,26). The SMILES string of the molecule is CC(C)c1nc(Nc2ccc(Cl)cc2Cl)ccc1C(=O)NCC1CCOC(=O)C1. The monoisotopic (exact) mass is 435 g/mol. The summed E-state index contributed by atoms with van der Waals surface area (Å²) in [5.41, 5.74) is 1.88. The van der Waals surface area contributed by atoms with Gasteiger partial charge < -0.3 is 15.4 Å². The van der Waals surface area contributed by atoms with Gasteiger partial charge in [0.2, 0.25) is 0 Å². The molecular formula is C21H23Cl2N3O3. The number of rotatable bonds is 6. The highest BCUT2D eigenvalue weighted by Gasteiger charge is 2.22. The van der Waals surface area contributed by atoms with Gasteiger partial charge in [-0.05, 0) is 48.6 Å². The minimum absolute atomic E-state index is 0.0443. The fraction of sp³-hybridized carbons (Fsp3) is 0.381. The maximum Gasteiger partial charge on any atom is 0.306 e. The molecule has 1 saturated heterocycles. The van der Waals surface area contributed by atoms with Gasteiger partial charge in [0.1, 0.15) is 5.82 Å². The fourth-order valence-corrected chi connectivity index (χ4v) is 3.60. The molecule has 6 nitrogen and oxygen atoms in total. The number of halogens is 2. The molecule has 0 radical (unpaired) electrons. The number of esters is 1. The van der Waals surface area contributed by atoms with E-state index in [1.165, 1.54) is 0 Å². The van der Waals surface area contributed by atoms with Crippen LogP contribution in [0.4, 0.5) is 11.5 Å². The number of nitrogens with zero attached hydrogens (tertiary/aromatic N) is 1. The van der Waals surface area contributed by atoms with Crippen molar-refractivity contribution in [2.75, 3.05) is 18.5 Å². The minimum atomic E-state index is -0.212. The number of hydrogen-bond donors (Lipinski definition) is 2. The van der Waals surface area contributed by atoms with Crippen LogP contribution in [0.25, 0.3) is 0 Å². The van der Waals surface area contributed by atoms with Crippen molar-refractivity contribution in [1.82, 2.24) is 10.3 Å². The summed E-state index contributed by atoms with van der Waals surface area (Å²) in [7, 11) is 0. The predicted molar refractivity (Wildman–Crippen MR) is 114 cm³/mol. The highest BCUT2D eigenvalue weighted by Crippen LogP contribution is 2.29. The number of anilines is 2. The zero-order chi connectivity index (χ0) is 21.0. The maximum absolute atomic E-state index is 12.7. The lowest BCUT2D eigenvalue weighted by molar-refractivity contribution is -0.149. The molecule has 0 spiro atoms. The molecule has 2 N–H and O–H groups in total. The smallest absolute Gasteiger partial charge is 0.306 e. The third kappa shape index (κ3) is 5.61. The average Bonchev–Trinajstić information content (AvgIpc) is 2.68. The molecule has 0 bridgehead atoms. The van der Waals surface area contributed by atoms with E-state index < -0.39 is 0 Å². The number of amides is 1. The molecule has 154 valence electrons. The van der Waals surface area contributed by atoms with Crippen LogP contribution in [0, 0.1) is 5.92 Å². The Labute approximate surface area is 179 Å². The van der Waals surface area contributed by atoms with Crippen LogP contribution in [0.1, 0.15) is 48.7 Å². The zero-order valence-corrected chi connectivity index (χ0v) is 17.8. The molecule has 1 aromatic heterocycles. The van der Waals surface area contributed by atoms with Crippen molar-refractivity contribution in [2.24, 2.45) is 5.92 Å². The van der Waals surface area contributed by atoms with E-state index in [1.807, 2.05) is 13.8 Å². The Morgan fingerprint density at radius 3 is 2.76 bits per heavy atom. The molecule has 3 rings (SSSR count). The van der Waals surface area contributed by atoms with E-state index in [1.54, 1.807) is 30.3 Å². The third-order valence-corrected chi connectivity index (χ3v) is 5.25. The first kappa shape index (κ1) is 21.4. The number of hydrogen-bond acceptors (Lipinski definition) is 5. The molecule has 1 aliphatic rings. The number of cyclic esters (lactones) is 1. The van der Waals surface area contributed by atoms with Crippen LogP contribution in [0.15, 0.2) is 30.3 Å². The molecule has 1 aliphatic heterocycles. The lowest BCUT2D eigenvalue weighted by Gasteiger charge is -2.22. The first-order chi connectivity index (χ1) is 13.8. The molecule has 1 amide bonds. The second-order valence-corrected chi connectivity index (χ2v) is 8.17. The van der Waals surface area contributed by atoms with Gasteiger partial charge in [-0.1, -0.05) is 37.0 Å². The van der Waals surface area contributed by atoms with Gasteiger partial charge in [-0.2, -0.15) is 0 Å². The number of pyridine rings is 1. The molecule has 0 saturated carbocycles. The highest BCUT2D eigenvalue weighted by atomic mass is 35.5. The molecule has 1 fully saturated rings. The van der Waals surface area contributed by atoms with Crippen LogP contribution < -0.4 is 10.6 Å². The van der Waals surface area contributed by atoms with Crippen LogP contribution in [-0.4, -0.2) is 30.0 Å². The predicted octanol–water partition coefficient (Wildman–Crippen LogP) is 4.94. The Kier molecular flexibility index (Phi) is 6.98. The van der Waals surface area contributed by atoms with Crippen LogP contribution >= 0.6 is 23.2 Å². The van der Waals surface area contributed by atoms with Gasteiger partial charge >= 0.3 is 5.97 Å². The molecule has 2 heterocycles. The zero-order valence-electron chi connectivity index (χ0n) is 16.3. The largest absolute Gasteiger partial charge is 0.466 e. The lowest BCUT2D eigenvalue weighted by Crippen LogP contribution is -2.34. The first-order valence-electron chi connectivity index (χ1n) is 9.50. The van der Waals surface area contributed by atoms with E-state index in [0.717, 1.165) is 6.42 Å². The van der Waals surface area contributed by atoms with Gasteiger partial charge in [0, 0.05) is 11.6 Å². The van der Waals surface area contributed by atoms with Crippen molar-refractivity contribution < 1.29 is 14.3 Å². The number of aromatic nitrogens is 1. The van der Waals surface area contributed by atoms with Crippen molar-refractivity contribution in [3.63, 3.8) is 0 Å². The molecule has 29 heavy (non-hydrogen) atoms. The fourth-order valence-electron chi connectivity index (χ4n) is 3.15. The van der Waals surface area contributed by atoms with Crippen LogP contribution in [0.3, 0.4) is 0 Å². The van der Waals surface area contributed by atoms with E-state index in [-0.39, 0.29) is 23.7 Å². The van der Waals surface area contributed by atoms with Crippen molar-refractivity contribution in [3.8, 4) is 0 Å². The minimum Gasteiger partial charge on any atom is -0.466 e. The Bertz CT molecular complexity index is 918. The normalized spacial score (nSPS) is 16.4. The summed E-state index contributed by atoms with van der Waals surface area (Å²) in [5.74, 6) is 0.323. The summed E-state index contributed by atoms with van der Waals surface area (Å²) in [6.45, 7) is 4.81. The van der Waals surface area contributed by atoms with Gasteiger partial charge in [0.15, 0.2) is 0 Å². The van der Waals surface area contributed by atoms with Gasteiger partial charge in [-0.15, -0.1) is 0 Å². The maximum atomic E-state index is 12.7. The quantitative estimate of drug-likeness (QED) is 0.628. The van der Waals surface area contributed by atoms with Crippen LogP contribution in [0.5, 0.6) is 0 Å². The number of nitrogens with one attached hydrogen (secondary N) is 2. The van der Waals surface area contributed by atoms with Gasteiger partial charge in [-0.3, -0.25) is 9.59 Å². The molecule has 0 aliphatic carbocycles. The van der Waals surface area contributed by atoms with Crippen LogP contribution in [-0.2, 0) is 9.53 Å². The number of benzene rings is 1. The average molecular weight is 436 g/mol. The van der Waals surface area contributed by atoms with E-state index in [0.29, 0.717) is 52.4 Å². The summed E-state index contributed by atoms with van der Waals surface area (Å²) in [6.07, 6.45) is 1.09. The molecule has 1 unspecified atom stereocenters. The molecular weight excluding hydrogens is 413 g/mol. The lowest BCUT2D eigenvalue weighted by atomic mass is 9.99. The summed E-state index contributed by atoms with van der Waals surface area (Å²) in [5, 5.41) is 7.13. The Balaban J connectivity index is 1.73. The number of ether oxygens (including phenoxy) is 1. The van der Waals surface area contributed by atoms with E-state index >= 15 is 0 Å². The van der Waals surface area contributed by atoms with Crippen molar-refractivity contribution in [3.05, 3.63) is 51.6 Å². The number of carbonyl (C=O) groups is 2. The van der Waals surface area contributed by atoms with E-state index in [2.05, 4.69) is 15.6 Å². The summed E-state index contributed by atoms with van der Waals surface area (Å²) in [6, 6.07) is 8.65. The van der Waals surface area contributed by atoms with Crippen molar-refractivity contribution in [1.29, 1.82) is 0 Å². The van der Waals surface area contributed by atoms with Gasteiger partial charge in [-0.25, -0.2) is 4.98 Å². The molecule has 1 atom stereocenters. The second-order valence-electron chi connectivity index (χ2n) is 7.32. The van der Waals surface area contributed by atoms with E-state index in [9.17, 15) is 9.59 Å².